The number of alkyl halides is 3. The molecule has 18 heteroatoms. The van der Waals surface area contributed by atoms with Gasteiger partial charge < -0.3 is 53.6 Å². The third-order valence-electron chi connectivity index (χ3n) is 9.91. The van der Waals surface area contributed by atoms with E-state index in [9.17, 15) is 22.8 Å². The number of methoxy groups -OCH3 is 1. The van der Waals surface area contributed by atoms with Crippen molar-refractivity contribution in [1.82, 2.24) is 19.8 Å². The highest BCUT2D eigenvalue weighted by molar-refractivity contribution is 5.95. The Morgan fingerprint density at radius 3 is 1.83 bits per heavy atom. The van der Waals surface area contributed by atoms with Gasteiger partial charge in [0.25, 0.3) is 5.91 Å². The zero-order valence-electron chi connectivity index (χ0n) is 34.0. The molecule has 1 saturated carbocycles. The molecular weight excluding hydrogens is 765 g/mol. The Morgan fingerprint density at radius 2 is 1.29 bits per heavy atom. The number of piperazine rings is 1. The van der Waals surface area contributed by atoms with Crippen molar-refractivity contribution in [2.45, 2.75) is 57.5 Å². The number of hydrogen-bond donors (Lipinski definition) is 2. The molecule has 0 radical (unpaired) electrons. The van der Waals surface area contributed by atoms with Crippen molar-refractivity contribution in [2.75, 3.05) is 130 Å². The first-order valence-electron chi connectivity index (χ1n) is 20.3. The quantitative estimate of drug-likeness (QED) is 0.0917. The number of hydrogen-bond acceptors (Lipinski definition) is 13. The zero-order valence-corrected chi connectivity index (χ0v) is 34.0. The average Bonchev–Trinajstić information content (AvgIpc) is 3.51. The second-order valence-corrected chi connectivity index (χ2v) is 14.0. The van der Waals surface area contributed by atoms with Crippen LogP contribution in [0.2, 0.25) is 0 Å². The van der Waals surface area contributed by atoms with Gasteiger partial charge in [0.1, 0.15) is 17.1 Å². The van der Waals surface area contributed by atoms with Crippen molar-refractivity contribution in [3.8, 4) is 5.75 Å². The molecule has 58 heavy (non-hydrogen) atoms. The smallest absolute Gasteiger partial charge is 0.421 e. The van der Waals surface area contributed by atoms with E-state index >= 15 is 0 Å². The van der Waals surface area contributed by atoms with E-state index in [1.165, 1.54) is 58.7 Å². The standard InChI is InChI=1S/C40H61F3N6O9/c1-44-37-33(40(41,42)43)30-45-39(47-37)46-34-10-9-32(29-35(34)52-2)38(51)49-15-13-48(14-16-49)36(50)12-18-54-20-22-56-24-26-58-28-27-57-25-23-55-21-19-53-17-11-31-7-5-3-4-6-8-31/h9-10,29-31H,3-8,11-28H2,1-2H3,(H2,44,45,46,47). The summed E-state index contributed by atoms with van der Waals surface area (Å²) >= 11 is 0. The molecule has 0 atom stereocenters. The normalized spacial score (nSPS) is 15.3. The SMILES string of the molecule is CNc1nc(Nc2ccc(C(=O)N3CCN(C(=O)CCOCCOCCOCCOCCOCCOCCC4CCCCCC4)CC3)cc2OC)ncc1C(F)(F)F. The minimum absolute atomic E-state index is 0.0522. The largest absolute Gasteiger partial charge is 0.495 e. The first-order chi connectivity index (χ1) is 28.2. The molecule has 326 valence electrons. The van der Waals surface area contributed by atoms with E-state index in [2.05, 4.69) is 20.6 Å². The monoisotopic (exact) mass is 826 g/mol. The maximum absolute atomic E-state index is 13.3. The van der Waals surface area contributed by atoms with Gasteiger partial charge in [-0.1, -0.05) is 38.5 Å². The summed E-state index contributed by atoms with van der Waals surface area (Å²) in [6, 6.07) is 4.68. The predicted octanol–water partition coefficient (Wildman–Crippen LogP) is 5.42. The minimum atomic E-state index is -4.62. The Hall–Kier alpha value is -3.81. The lowest BCUT2D eigenvalue weighted by atomic mass is 9.97. The van der Waals surface area contributed by atoms with Crippen LogP contribution in [0.1, 0.15) is 67.3 Å². The van der Waals surface area contributed by atoms with E-state index in [-0.39, 0.29) is 42.4 Å². The van der Waals surface area contributed by atoms with E-state index in [0.717, 1.165) is 18.9 Å². The maximum Gasteiger partial charge on any atom is 0.421 e. The van der Waals surface area contributed by atoms with Crippen LogP contribution in [0.4, 0.5) is 30.6 Å². The highest BCUT2D eigenvalue weighted by atomic mass is 19.4. The van der Waals surface area contributed by atoms with Crippen molar-refractivity contribution in [3.63, 3.8) is 0 Å². The summed E-state index contributed by atoms with van der Waals surface area (Å²) in [7, 11) is 2.74. The van der Waals surface area contributed by atoms with Gasteiger partial charge in [0, 0.05) is 51.6 Å². The molecular formula is C40H61F3N6O9. The number of amides is 2. The number of carbonyl (C=O) groups excluding carboxylic acids is 2. The molecule has 1 aliphatic heterocycles. The number of nitrogens with zero attached hydrogens (tertiary/aromatic N) is 4. The van der Waals surface area contributed by atoms with Gasteiger partial charge in [0.05, 0.1) is 91.9 Å². The van der Waals surface area contributed by atoms with Crippen LogP contribution < -0.4 is 15.4 Å². The minimum Gasteiger partial charge on any atom is -0.495 e. The van der Waals surface area contributed by atoms with E-state index in [1.807, 2.05) is 0 Å². The van der Waals surface area contributed by atoms with Gasteiger partial charge in [-0.15, -0.1) is 0 Å². The van der Waals surface area contributed by atoms with Gasteiger partial charge in [-0.2, -0.15) is 18.2 Å². The maximum atomic E-state index is 13.3. The number of aromatic nitrogens is 2. The van der Waals surface area contributed by atoms with Crippen LogP contribution in [-0.4, -0.2) is 151 Å². The highest BCUT2D eigenvalue weighted by Gasteiger charge is 2.35. The molecule has 0 spiro atoms. The summed E-state index contributed by atoms with van der Waals surface area (Å²) in [6.07, 6.45) is 5.66. The zero-order chi connectivity index (χ0) is 41.4. The van der Waals surface area contributed by atoms with Crippen LogP contribution in [0.25, 0.3) is 0 Å². The molecule has 1 saturated heterocycles. The van der Waals surface area contributed by atoms with Gasteiger partial charge in [0.15, 0.2) is 0 Å². The van der Waals surface area contributed by atoms with Crippen LogP contribution in [0.15, 0.2) is 24.4 Å². The molecule has 0 bridgehead atoms. The molecule has 15 nitrogen and oxygen atoms in total. The summed E-state index contributed by atoms with van der Waals surface area (Å²) < 4.78 is 78.5. The Balaban J connectivity index is 0.967. The second kappa shape index (κ2) is 26.3. The van der Waals surface area contributed by atoms with E-state index in [1.54, 1.807) is 21.9 Å². The second-order valence-electron chi connectivity index (χ2n) is 14.0. The van der Waals surface area contributed by atoms with Crippen molar-refractivity contribution in [2.24, 2.45) is 5.92 Å². The van der Waals surface area contributed by atoms with Gasteiger partial charge in [-0.05, 0) is 30.5 Å². The van der Waals surface area contributed by atoms with E-state index in [4.69, 9.17) is 33.2 Å². The van der Waals surface area contributed by atoms with Crippen molar-refractivity contribution < 1.29 is 55.9 Å². The van der Waals surface area contributed by atoms with Gasteiger partial charge in [0.2, 0.25) is 11.9 Å². The van der Waals surface area contributed by atoms with E-state index in [0.29, 0.717) is 110 Å². The Kier molecular flexibility index (Phi) is 21.3. The molecule has 2 aromatic rings. The number of anilines is 3. The molecule has 2 aliphatic rings. The van der Waals surface area contributed by atoms with Crippen LogP contribution in [-0.2, 0) is 39.4 Å². The number of nitrogens with one attached hydrogen (secondary N) is 2. The molecule has 1 aromatic heterocycles. The predicted molar refractivity (Wildman–Crippen MR) is 211 cm³/mol. The van der Waals surface area contributed by atoms with E-state index < -0.39 is 11.7 Å². The number of rotatable bonds is 26. The summed E-state index contributed by atoms with van der Waals surface area (Å²) in [5.41, 5.74) is -0.282. The average molecular weight is 827 g/mol. The van der Waals surface area contributed by atoms with Crippen LogP contribution in [0.3, 0.4) is 0 Å². The molecule has 2 heterocycles. The fourth-order valence-electron chi connectivity index (χ4n) is 6.65. The van der Waals surface area contributed by atoms with Crippen LogP contribution >= 0.6 is 0 Å². The number of ether oxygens (including phenoxy) is 7. The van der Waals surface area contributed by atoms with Crippen LogP contribution in [0, 0.1) is 5.92 Å². The molecule has 1 aromatic carbocycles. The lowest BCUT2D eigenvalue weighted by Gasteiger charge is -2.35. The number of carbonyl (C=O) groups is 2. The Morgan fingerprint density at radius 1 is 0.759 bits per heavy atom. The van der Waals surface area contributed by atoms with Crippen molar-refractivity contribution in [3.05, 3.63) is 35.5 Å². The fraction of sp³-hybridized carbons (Fsp3) is 0.700. The molecule has 1 aliphatic carbocycles. The molecule has 2 N–H and O–H groups in total. The third kappa shape index (κ3) is 16.8. The first-order valence-corrected chi connectivity index (χ1v) is 20.3. The first kappa shape index (κ1) is 46.9. The van der Waals surface area contributed by atoms with Crippen LogP contribution in [0.5, 0.6) is 5.75 Å². The lowest BCUT2D eigenvalue weighted by molar-refractivity contribution is -0.137. The summed E-state index contributed by atoms with van der Waals surface area (Å²) in [4.78, 5) is 37.1. The molecule has 4 rings (SSSR count). The Bertz CT molecular complexity index is 1490. The molecule has 2 fully saturated rings. The lowest BCUT2D eigenvalue weighted by Crippen LogP contribution is -2.50. The van der Waals surface area contributed by atoms with Crippen molar-refractivity contribution >= 4 is 29.3 Å². The topological polar surface area (TPSA) is 155 Å². The van der Waals surface area contributed by atoms with Gasteiger partial charge >= 0.3 is 6.18 Å². The number of benzene rings is 1. The van der Waals surface area contributed by atoms with Gasteiger partial charge in [-0.25, -0.2) is 4.98 Å². The number of halogens is 3. The summed E-state index contributed by atoms with van der Waals surface area (Å²) in [5, 5.41) is 5.27. The third-order valence-corrected chi connectivity index (χ3v) is 9.91. The summed E-state index contributed by atoms with van der Waals surface area (Å²) in [6.45, 7) is 7.39. The Labute approximate surface area is 339 Å². The fourth-order valence-corrected chi connectivity index (χ4v) is 6.65. The highest BCUT2D eigenvalue weighted by Crippen LogP contribution is 2.35. The summed E-state index contributed by atoms with van der Waals surface area (Å²) in [5.74, 6) is 0.345. The molecule has 0 unspecified atom stereocenters. The molecule has 2 amide bonds. The van der Waals surface area contributed by atoms with Gasteiger partial charge in [-0.3, -0.25) is 9.59 Å². The van der Waals surface area contributed by atoms with Crippen molar-refractivity contribution in [1.29, 1.82) is 0 Å².